The lowest BCUT2D eigenvalue weighted by Crippen LogP contribution is -2.14. The Hall–Kier alpha value is -7.02. The molecule has 0 spiro atoms. The maximum atomic E-state index is 9.91. The third-order valence-electron chi connectivity index (χ3n) is 11.2. The van der Waals surface area contributed by atoms with E-state index in [0.717, 1.165) is 56.0 Å². The molecule has 9 aromatic rings. The Morgan fingerprint density at radius 2 is 1.11 bits per heavy atom. The first kappa shape index (κ1) is 31.7. The zero-order valence-electron chi connectivity index (χ0n) is 30.1. The molecule has 3 heteroatoms. The van der Waals surface area contributed by atoms with Crippen LogP contribution in [-0.2, 0) is 5.41 Å². The van der Waals surface area contributed by atoms with Crippen LogP contribution >= 0.6 is 0 Å². The summed E-state index contributed by atoms with van der Waals surface area (Å²) >= 11 is 0. The van der Waals surface area contributed by atoms with Crippen LogP contribution in [-0.4, -0.2) is 9.55 Å². The summed E-state index contributed by atoms with van der Waals surface area (Å²) in [6.45, 7) is 4.69. The van der Waals surface area contributed by atoms with Crippen molar-refractivity contribution in [1.29, 1.82) is 5.26 Å². The van der Waals surface area contributed by atoms with E-state index in [-0.39, 0.29) is 5.41 Å². The minimum Gasteiger partial charge on any atom is -0.309 e. The van der Waals surface area contributed by atoms with Crippen LogP contribution in [0, 0.1) is 11.3 Å². The van der Waals surface area contributed by atoms with E-state index in [1.165, 1.54) is 38.5 Å². The zero-order chi connectivity index (χ0) is 36.4. The van der Waals surface area contributed by atoms with E-state index in [9.17, 15) is 5.26 Å². The number of pyridine rings is 1. The number of benzene rings is 7. The Bertz CT molecular complexity index is 2900. The van der Waals surface area contributed by atoms with Gasteiger partial charge in [-0.3, -0.25) is 0 Å². The summed E-state index contributed by atoms with van der Waals surface area (Å²) in [5, 5.41) is 12.4. The average molecular weight is 690 g/mol. The maximum absolute atomic E-state index is 9.91. The van der Waals surface area contributed by atoms with Gasteiger partial charge in [-0.05, 0) is 87.5 Å². The standard InChI is InChI=1S/C51H35N3/c1-51(2)44-22-11-9-21-43(44)49-45(51)25-24-42-41-20-10-12-23-48(41)54(50(42)49)40-28-37(36-19-13-14-33(26-36)32-52)27-38(29-40)39-30-46(34-15-5-3-6-16-34)53-47(31-39)35-17-7-4-8-18-35/h3-31H,1-2H3. The molecule has 2 aromatic heterocycles. The van der Waals surface area contributed by atoms with Gasteiger partial charge < -0.3 is 4.57 Å². The second-order valence-electron chi connectivity index (χ2n) is 14.7. The van der Waals surface area contributed by atoms with Crippen LogP contribution in [0.4, 0.5) is 0 Å². The molecule has 0 atom stereocenters. The maximum Gasteiger partial charge on any atom is 0.0991 e. The molecule has 254 valence electrons. The summed E-state index contributed by atoms with van der Waals surface area (Å²) in [6, 6.07) is 64.7. The van der Waals surface area contributed by atoms with Gasteiger partial charge in [0.2, 0.25) is 0 Å². The molecule has 0 amide bonds. The lowest BCUT2D eigenvalue weighted by atomic mass is 9.82. The fraction of sp³-hybridized carbons (Fsp3) is 0.0588. The van der Waals surface area contributed by atoms with Gasteiger partial charge >= 0.3 is 0 Å². The van der Waals surface area contributed by atoms with E-state index in [1.54, 1.807) is 0 Å². The number of para-hydroxylation sites is 1. The second kappa shape index (κ2) is 12.3. The van der Waals surface area contributed by atoms with Gasteiger partial charge in [-0.2, -0.15) is 5.26 Å². The highest BCUT2D eigenvalue weighted by atomic mass is 15.0. The summed E-state index contributed by atoms with van der Waals surface area (Å²) in [5.74, 6) is 0. The Labute approximate surface area is 315 Å². The summed E-state index contributed by atoms with van der Waals surface area (Å²) in [5.41, 5.74) is 17.3. The fourth-order valence-corrected chi connectivity index (χ4v) is 8.56. The van der Waals surface area contributed by atoms with Crippen molar-refractivity contribution in [3.8, 4) is 67.7 Å². The average Bonchev–Trinajstić information content (AvgIpc) is 3.70. The lowest BCUT2D eigenvalue weighted by Gasteiger charge is -2.21. The van der Waals surface area contributed by atoms with Crippen molar-refractivity contribution in [2.45, 2.75) is 19.3 Å². The fourth-order valence-electron chi connectivity index (χ4n) is 8.56. The molecule has 0 aliphatic heterocycles. The van der Waals surface area contributed by atoms with Crippen LogP contribution < -0.4 is 0 Å². The Morgan fingerprint density at radius 1 is 0.500 bits per heavy atom. The summed E-state index contributed by atoms with van der Waals surface area (Å²) in [7, 11) is 0. The van der Waals surface area contributed by atoms with E-state index in [0.29, 0.717) is 5.56 Å². The first-order chi connectivity index (χ1) is 26.5. The van der Waals surface area contributed by atoms with E-state index in [4.69, 9.17) is 4.98 Å². The molecule has 0 bridgehead atoms. The molecular formula is C51H35N3. The van der Waals surface area contributed by atoms with Crippen LogP contribution in [0.25, 0.3) is 83.4 Å². The van der Waals surface area contributed by atoms with Crippen LogP contribution in [0.5, 0.6) is 0 Å². The van der Waals surface area contributed by atoms with Gasteiger partial charge in [-0.25, -0.2) is 4.98 Å². The molecule has 0 saturated carbocycles. The first-order valence-corrected chi connectivity index (χ1v) is 18.4. The SMILES string of the molecule is CC1(C)c2ccccc2-c2c1ccc1c3ccccc3n(-c3cc(-c4cccc(C#N)c4)cc(-c4cc(-c5ccccc5)nc(-c5ccccc5)c4)c3)c21. The topological polar surface area (TPSA) is 41.6 Å². The Balaban J connectivity index is 1.31. The van der Waals surface area contributed by atoms with Gasteiger partial charge in [0, 0.05) is 38.6 Å². The number of nitrogens with zero attached hydrogens (tertiary/aromatic N) is 3. The number of aromatic nitrogens is 2. The molecule has 0 fully saturated rings. The van der Waals surface area contributed by atoms with Crippen molar-refractivity contribution in [3.63, 3.8) is 0 Å². The first-order valence-electron chi connectivity index (χ1n) is 18.4. The van der Waals surface area contributed by atoms with Crippen molar-refractivity contribution < 1.29 is 0 Å². The second-order valence-corrected chi connectivity index (χ2v) is 14.7. The van der Waals surface area contributed by atoms with Crippen molar-refractivity contribution in [3.05, 3.63) is 193 Å². The van der Waals surface area contributed by atoms with E-state index in [1.807, 2.05) is 30.3 Å². The zero-order valence-corrected chi connectivity index (χ0v) is 30.1. The number of fused-ring (bicyclic) bond motifs is 7. The Morgan fingerprint density at radius 3 is 1.83 bits per heavy atom. The molecule has 3 nitrogen and oxygen atoms in total. The molecule has 1 aliphatic carbocycles. The number of hydrogen-bond acceptors (Lipinski definition) is 2. The minimum atomic E-state index is -0.134. The third-order valence-corrected chi connectivity index (χ3v) is 11.2. The van der Waals surface area contributed by atoms with Crippen LogP contribution in [0.1, 0.15) is 30.5 Å². The van der Waals surface area contributed by atoms with Gasteiger partial charge in [0.1, 0.15) is 0 Å². The summed E-state index contributed by atoms with van der Waals surface area (Å²) < 4.78 is 2.47. The molecule has 54 heavy (non-hydrogen) atoms. The number of rotatable bonds is 5. The van der Waals surface area contributed by atoms with Crippen molar-refractivity contribution in [1.82, 2.24) is 9.55 Å². The molecule has 0 N–H and O–H groups in total. The molecule has 2 heterocycles. The Kier molecular flexibility index (Phi) is 7.22. The molecular weight excluding hydrogens is 655 g/mol. The van der Waals surface area contributed by atoms with Crippen molar-refractivity contribution in [2.75, 3.05) is 0 Å². The van der Waals surface area contributed by atoms with E-state index in [2.05, 4.69) is 170 Å². The van der Waals surface area contributed by atoms with Gasteiger partial charge in [-0.1, -0.05) is 141 Å². The van der Waals surface area contributed by atoms with E-state index >= 15 is 0 Å². The smallest absolute Gasteiger partial charge is 0.0991 e. The van der Waals surface area contributed by atoms with Gasteiger partial charge in [0.25, 0.3) is 0 Å². The highest BCUT2D eigenvalue weighted by Gasteiger charge is 2.37. The number of hydrogen-bond donors (Lipinski definition) is 0. The normalized spacial score (nSPS) is 12.8. The third kappa shape index (κ3) is 4.99. The lowest BCUT2D eigenvalue weighted by molar-refractivity contribution is 0.661. The molecule has 0 unspecified atom stereocenters. The highest BCUT2D eigenvalue weighted by Crippen LogP contribution is 2.53. The number of nitriles is 1. The molecule has 1 aliphatic rings. The van der Waals surface area contributed by atoms with Crippen LogP contribution in [0.3, 0.4) is 0 Å². The van der Waals surface area contributed by atoms with E-state index < -0.39 is 0 Å². The highest BCUT2D eigenvalue weighted by molar-refractivity contribution is 6.15. The van der Waals surface area contributed by atoms with Crippen molar-refractivity contribution >= 4 is 21.8 Å². The monoisotopic (exact) mass is 689 g/mol. The predicted molar refractivity (Wildman–Crippen MR) is 223 cm³/mol. The molecule has 0 radical (unpaired) electrons. The summed E-state index contributed by atoms with van der Waals surface area (Å²) in [6.07, 6.45) is 0. The largest absolute Gasteiger partial charge is 0.309 e. The predicted octanol–water partition coefficient (Wildman–Crippen LogP) is 13.0. The van der Waals surface area contributed by atoms with Gasteiger partial charge in [0.05, 0.1) is 34.1 Å². The molecule has 0 saturated heterocycles. The van der Waals surface area contributed by atoms with Crippen LogP contribution in [0.2, 0.25) is 0 Å². The minimum absolute atomic E-state index is 0.134. The van der Waals surface area contributed by atoms with Gasteiger partial charge in [-0.15, -0.1) is 0 Å². The quantitative estimate of drug-likeness (QED) is 0.180. The molecule has 7 aromatic carbocycles. The van der Waals surface area contributed by atoms with Crippen LogP contribution in [0.15, 0.2) is 176 Å². The molecule has 10 rings (SSSR count). The van der Waals surface area contributed by atoms with Crippen molar-refractivity contribution in [2.24, 2.45) is 0 Å². The summed E-state index contributed by atoms with van der Waals surface area (Å²) in [4.78, 5) is 5.19. The van der Waals surface area contributed by atoms with Gasteiger partial charge in [0.15, 0.2) is 0 Å².